The Bertz CT molecular complexity index is 641. The summed E-state index contributed by atoms with van der Waals surface area (Å²) < 4.78 is 5.10. The molecule has 3 N–H and O–H groups in total. The number of benzene rings is 2. The minimum atomic E-state index is -0.642. The molecule has 0 radical (unpaired) electrons. The van der Waals surface area contributed by atoms with E-state index in [0.717, 1.165) is 22.6 Å². The molecule has 1 unspecified atom stereocenters. The predicted molar refractivity (Wildman–Crippen MR) is 84.7 cm³/mol. The third-order valence-corrected chi connectivity index (χ3v) is 3.62. The molecule has 5 heteroatoms. The summed E-state index contributed by atoms with van der Waals surface area (Å²) in [7, 11) is 1.60. The fourth-order valence-corrected chi connectivity index (χ4v) is 2.15. The van der Waals surface area contributed by atoms with Gasteiger partial charge in [0, 0.05) is 10.7 Å². The molecule has 1 atom stereocenters. The lowest BCUT2D eigenvalue weighted by Crippen LogP contribution is -2.27. The van der Waals surface area contributed by atoms with E-state index in [1.807, 2.05) is 43.3 Å². The predicted octanol–water partition coefficient (Wildman–Crippen LogP) is 3.30. The van der Waals surface area contributed by atoms with Crippen LogP contribution in [0, 0.1) is 6.92 Å². The highest BCUT2D eigenvalue weighted by Crippen LogP contribution is 2.25. The Balaban J connectivity index is 2.26. The molecule has 0 heterocycles. The number of halogens is 1. The average molecular weight is 305 g/mol. The van der Waals surface area contributed by atoms with Crippen molar-refractivity contribution in [2.24, 2.45) is 5.73 Å². The minimum absolute atomic E-state index is 0.467. The topological polar surface area (TPSA) is 64.3 Å². The van der Waals surface area contributed by atoms with Crippen LogP contribution in [0.2, 0.25) is 5.02 Å². The first-order valence-electron chi connectivity index (χ1n) is 6.47. The lowest BCUT2D eigenvalue weighted by atomic mass is 10.0. The van der Waals surface area contributed by atoms with Crippen molar-refractivity contribution in [2.45, 2.75) is 13.0 Å². The Hall–Kier alpha value is -2.20. The van der Waals surface area contributed by atoms with Gasteiger partial charge in [0.2, 0.25) is 5.91 Å². The molecule has 0 aliphatic heterocycles. The van der Waals surface area contributed by atoms with Crippen LogP contribution in [0.1, 0.15) is 17.2 Å². The molecule has 0 saturated carbocycles. The maximum atomic E-state index is 11.7. The summed E-state index contributed by atoms with van der Waals surface area (Å²) in [4.78, 5) is 11.7. The molecule has 0 aliphatic carbocycles. The summed E-state index contributed by atoms with van der Waals surface area (Å²) >= 11 is 6.11. The van der Waals surface area contributed by atoms with Gasteiger partial charge in [-0.15, -0.1) is 0 Å². The second kappa shape index (κ2) is 6.50. The molecule has 110 valence electrons. The van der Waals surface area contributed by atoms with Crippen LogP contribution in [0.15, 0.2) is 42.5 Å². The maximum absolute atomic E-state index is 11.7. The Labute approximate surface area is 128 Å². The van der Waals surface area contributed by atoms with Gasteiger partial charge < -0.3 is 15.8 Å². The van der Waals surface area contributed by atoms with Crippen molar-refractivity contribution in [1.29, 1.82) is 0 Å². The van der Waals surface area contributed by atoms with E-state index in [0.29, 0.717) is 5.02 Å². The summed E-state index contributed by atoms with van der Waals surface area (Å²) in [6.07, 6.45) is 0. The molecule has 0 saturated heterocycles. The zero-order chi connectivity index (χ0) is 15.4. The highest BCUT2D eigenvalue weighted by Gasteiger charge is 2.18. The lowest BCUT2D eigenvalue weighted by molar-refractivity contribution is -0.118. The zero-order valence-electron chi connectivity index (χ0n) is 11.9. The molecule has 2 rings (SSSR count). The first-order valence-corrected chi connectivity index (χ1v) is 6.85. The minimum Gasteiger partial charge on any atom is -0.497 e. The summed E-state index contributed by atoms with van der Waals surface area (Å²) in [6, 6.07) is 12.1. The summed E-state index contributed by atoms with van der Waals surface area (Å²) in [5.41, 5.74) is 7.95. The van der Waals surface area contributed by atoms with Crippen LogP contribution in [0.3, 0.4) is 0 Å². The number of methoxy groups -OCH3 is 1. The van der Waals surface area contributed by atoms with Crippen molar-refractivity contribution in [3.63, 3.8) is 0 Å². The van der Waals surface area contributed by atoms with Crippen LogP contribution in [0.5, 0.6) is 5.75 Å². The average Bonchev–Trinajstić information content (AvgIpc) is 2.48. The Kier molecular flexibility index (Phi) is 4.70. The molecule has 2 aromatic carbocycles. The largest absolute Gasteiger partial charge is 0.497 e. The Morgan fingerprint density at radius 3 is 2.43 bits per heavy atom. The van der Waals surface area contributed by atoms with E-state index in [1.165, 1.54) is 0 Å². The smallest absolute Gasteiger partial charge is 0.244 e. The molecule has 0 aromatic heterocycles. The second-order valence-electron chi connectivity index (χ2n) is 4.72. The van der Waals surface area contributed by atoms with E-state index in [1.54, 1.807) is 13.2 Å². The number of aryl methyl sites for hydroxylation is 1. The Morgan fingerprint density at radius 1 is 1.24 bits per heavy atom. The van der Waals surface area contributed by atoms with Gasteiger partial charge in [-0.25, -0.2) is 0 Å². The normalized spacial score (nSPS) is 11.8. The molecular formula is C16H17ClN2O2. The number of nitrogens with two attached hydrogens (primary N) is 1. The van der Waals surface area contributed by atoms with Gasteiger partial charge in [0.1, 0.15) is 11.8 Å². The van der Waals surface area contributed by atoms with Crippen LogP contribution < -0.4 is 15.8 Å². The van der Waals surface area contributed by atoms with E-state index in [-0.39, 0.29) is 0 Å². The number of amides is 1. The monoisotopic (exact) mass is 304 g/mol. The maximum Gasteiger partial charge on any atom is 0.244 e. The van der Waals surface area contributed by atoms with Crippen LogP contribution in [0.25, 0.3) is 0 Å². The van der Waals surface area contributed by atoms with Gasteiger partial charge in [-0.05, 0) is 48.4 Å². The number of anilines is 1. The number of carbonyl (C=O) groups excluding carboxylic acids is 1. The molecule has 2 aromatic rings. The van der Waals surface area contributed by atoms with Crippen molar-refractivity contribution < 1.29 is 9.53 Å². The van der Waals surface area contributed by atoms with Gasteiger partial charge in [0.05, 0.1) is 7.11 Å². The third-order valence-electron chi connectivity index (χ3n) is 3.21. The van der Waals surface area contributed by atoms with Gasteiger partial charge in [-0.3, -0.25) is 4.79 Å². The number of primary amides is 1. The van der Waals surface area contributed by atoms with Gasteiger partial charge >= 0.3 is 0 Å². The number of ether oxygens (including phenoxy) is 1. The second-order valence-corrected chi connectivity index (χ2v) is 5.12. The SMILES string of the molecule is COc1ccc(NC(C(N)=O)c2ccc(C)c(Cl)c2)cc1. The number of hydrogen-bond acceptors (Lipinski definition) is 3. The van der Waals surface area contributed by atoms with E-state index < -0.39 is 11.9 Å². The Morgan fingerprint density at radius 2 is 1.90 bits per heavy atom. The molecule has 0 fully saturated rings. The zero-order valence-corrected chi connectivity index (χ0v) is 12.6. The van der Waals surface area contributed by atoms with Crippen molar-refractivity contribution in [2.75, 3.05) is 12.4 Å². The van der Waals surface area contributed by atoms with Crippen LogP contribution in [0.4, 0.5) is 5.69 Å². The van der Waals surface area contributed by atoms with Crippen molar-refractivity contribution >= 4 is 23.2 Å². The quantitative estimate of drug-likeness (QED) is 0.891. The highest BCUT2D eigenvalue weighted by atomic mass is 35.5. The molecule has 1 amide bonds. The van der Waals surface area contributed by atoms with E-state index in [4.69, 9.17) is 22.1 Å². The number of hydrogen-bond donors (Lipinski definition) is 2. The van der Waals surface area contributed by atoms with E-state index in [2.05, 4.69) is 5.32 Å². The summed E-state index contributed by atoms with van der Waals surface area (Å²) in [6.45, 7) is 1.91. The van der Waals surface area contributed by atoms with Crippen LogP contribution >= 0.6 is 11.6 Å². The summed E-state index contributed by atoms with van der Waals surface area (Å²) in [5.74, 6) is 0.278. The molecule has 0 bridgehead atoms. The van der Waals surface area contributed by atoms with Crippen molar-refractivity contribution in [1.82, 2.24) is 0 Å². The molecule has 4 nitrogen and oxygen atoms in total. The molecule has 0 spiro atoms. The van der Waals surface area contributed by atoms with E-state index in [9.17, 15) is 4.79 Å². The first-order chi connectivity index (χ1) is 10.0. The van der Waals surface area contributed by atoms with Crippen molar-refractivity contribution in [3.8, 4) is 5.75 Å². The first kappa shape index (κ1) is 15.2. The fraction of sp³-hybridized carbons (Fsp3) is 0.188. The number of nitrogens with one attached hydrogen (secondary N) is 1. The standard InChI is InChI=1S/C16H17ClN2O2/c1-10-3-4-11(9-14(10)17)15(16(18)20)19-12-5-7-13(21-2)8-6-12/h3-9,15,19H,1-2H3,(H2,18,20). The molecule has 0 aliphatic rings. The summed E-state index contributed by atoms with van der Waals surface area (Å²) in [5, 5.41) is 3.71. The number of rotatable bonds is 5. The van der Waals surface area contributed by atoms with Crippen LogP contribution in [-0.2, 0) is 4.79 Å². The van der Waals surface area contributed by atoms with Crippen LogP contribution in [-0.4, -0.2) is 13.0 Å². The third kappa shape index (κ3) is 3.67. The highest BCUT2D eigenvalue weighted by molar-refractivity contribution is 6.31. The fourth-order valence-electron chi connectivity index (χ4n) is 1.96. The molecule has 21 heavy (non-hydrogen) atoms. The van der Waals surface area contributed by atoms with Gasteiger partial charge in [0.15, 0.2) is 0 Å². The van der Waals surface area contributed by atoms with Crippen molar-refractivity contribution in [3.05, 3.63) is 58.6 Å². The lowest BCUT2D eigenvalue weighted by Gasteiger charge is -2.18. The van der Waals surface area contributed by atoms with Gasteiger partial charge in [-0.2, -0.15) is 0 Å². The molecular weight excluding hydrogens is 288 g/mol. The van der Waals surface area contributed by atoms with Gasteiger partial charge in [0.25, 0.3) is 0 Å². The van der Waals surface area contributed by atoms with E-state index >= 15 is 0 Å². The number of carbonyl (C=O) groups is 1. The van der Waals surface area contributed by atoms with Gasteiger partial charge in [-0.1, -0.05) is 23.7 Å².